The molecule has 0 aliphatic heterocycles. The van der Waals surface area contributed by atoms with E-state index in [2.05, 4.69) is 20.5 Å². The predicted octanol–water partition coefficient (Wildman–Crippen LogP) is 1.49. The van der Waals surface area contributed by atoms with E-state index < -0.39 is 0 Å². The number of thiophene rings is 1. The molecule has 7 heteroatoms. The number of rotatable bonds is 4. The van der Waals surface area contributed by atoms with E-state index in [0.717, 1.165) is 15.6 Å². The molecule has 2 N–H and O–H groups in total. The van der Waals surface area contributed by atoms with E-state index in [-0.39, 0.29) is 11.7 Å². The van der Waals surface area contributed by atoms with Crippen molar-refractivity contribution >= 4 is 28.8 Å². The maximum Gasteiger partial charge on any atom is 0.288 e. The van der Waals surface area contributed by atoms with Crippen LogP contribution >= 0.6 is 22.9 Å². The van der Waals surface area contributed by atoms with Gasteiger partial charge in [0.15, 0.2) is 0 Å². The summed E-state index contributed by atoms with van der Waals surface area (Å²) in [6.07, 6.45) is 2.06. The molecule has 0 aliphatic rings. The summed E-state index contributed by atoms with van der Waals surface area (Å²) in [5.41, 5.74) is 0. The third-order valence-corrected chi connectivity index (χ3v) is 3.21. The van der Waals surface area contributed by atoms with E-state index in [4.69, 9.17) is 11.6 Å². The lowest BCUT2D eigenvalue weighted by Crippen LogP contribution is -2.26. The van der Waals surface area contributed by atoms with Crippen molar-refractivity contribution in [3.05, 3.63) is 33.5 Å². The minimum atomic E-state index is -0.250. The Kier molecular flexibility index (Phi) is 3.53. The molecule has 0 aromatic carbocycles. The molecule has 2 aromatic heterocycles. The molecular weight excluding hydrogens is 248 g/mol. The van der Waals surface area contributed by atoms with Crippen molar-refractivity contribution in [3.63, 3.8) is 0 Å². The fourth-order valence-corrected chi connectivity index (χ4v) is 2.27. The number of hydrogen-bond acceptors (Lipinski definition) is 4. The van der Waals surface area contributed by atoms with Crippen LogP contribution in [0.2, 0.25) is 4.34 Å². The van der Waals surface area contributed by atoms with Crippen LogP contribution < -0.4 is 5.32 Å². The summed E-state index contributed by atoms with van der Waals surface area (Å²) in [6, 6.07) is 3.80. The van der Waals surface area contributed by atoms with Gasteiger partial charge in [-0.05, 0) is 18.6 Å². The minimum Gasteiger partial charge on any atom is -0.349 e. The highest BCUT2D eigenvalue weighted by Gasteiger charge is 2.07. The maximum absolute atomic E-state index is 11.4. The zero-order chi connectivity index (χ0) is 11.4. The van der Waals surface area contributed by atoms with Gasteiger partial charge in [-0.25, -0.2) is 4.98 Å². The highest BCUT2D eigenvalue weighted by atomic mass is 35.5. The number of carbonyl (C=O) groups is 1. The third-order valence-electron chi connectivity index (χ3n) is 1.92. The van der Waals surface area contributed by atoms with Gasteiger partial charge in [0, 0.05) is 11.4 Å². The fraction of sp³-hybridized carbons (Fsp3) is 0.222. The highest BCUT2D eigenvalue weighted by Crippen LogP contribution is 2.21. The first-order chi connectivity index (χ1) is 7.75. The number of nitrogens with zero attached hydrogens (tertiary/aromatic N) is 2. The molecule has 16 heavy (non-hydrogen) atoms. The van der Waals surface area contributed by atoms with Crippen molar-refractivity contribution in [2.24, 2.45) is 0 Å². The molecular formula is C9H9ClN4OS. The molecule has 1 amide bonds. The molecule has 0 fully saturated rings. The van der Waals surface area contributed by atoms with Crippen LogP contribution in [-0.4, -0.2) is 27.6 Å². The normalized spacial score (nSPS) is 10.3. The summed E-state index contributed by atoms with van der Waals surface area (Å²) in [4.78, 5) is 16.3. The minimum absolute atomic E-state index is 0.226. The van der Waals surface area contributed by atoms with Crippen LogP contribution in [0.1, 0.15) is 15.5 Å². The third kappa shape index (κ3) is 2.80. The average Bonchev–Trinajstić information content (AvgIpc) is 2.89. The smallest absolute Gasteiger partial charge is 0.288 e. The number of halogens is 1. The Bertz CT molecular complexity index is 468. The Morgan fingerprint density at radius 3 is 3.06 bits per heavy atom. The van der Waals surface area contributed by atoms with E-state index in [1.807, 2.05) is 12.1 Å². The second kappa shape index (κ2) is 5.09. The largest absolute Gasteiger partial charge is 0.349 e. The lowest BCUT2D eigenvalue weighted by molar-refractivity contribution is 0.0944. The summed E-state index contributed by atoms with van der Waals surface area (Å²) in [6.45, 7) is 0.552. The summed E-state index contributed by atoms with van der Waals surface area (Å²) in [5, 5.41) is 8.83. The van der Waals surface area contributed by atoms with Gasteiger partial charge in [-0.1, -0.05) is 11.6 Å². The molecule has 0 radical (unpaired) electrons. The van der Waals surface area contributed by atoms with E-state index in [1.54, 1.807) is 0 Å². The Morgan fingerprint density at radius 1 is 1.56 bits per heavy atom. The molecule has 0 unspecified atom stereocenters. The van der Waals surface area contributed by atoms with Crippen molar-refractivity contribution in [2.75, 3.05) is 6.54 Å². The maximum atomic E-state index is 11.4. The number of nitrogens with one attached hydrogen (secondary N) is 2. The van der Waals surface area contributed by atoms with Crippen molar-refractivity contribution in [2.45, 2.75) is 6.42 Å². The molecule has 2 aromatic rings. The number of H-pyrrole nitrogens is 1. The van der Waals surface area contributed by atoms with Gasteiger partial charge in [0.25, 0.3) is 5.91 Å². The summed E-state index contributed by atoms with van der Waals surface area (Å²) in [5.74, 6) is -0.0237. The molecule has 0 saturated carbocycles. The SMILES string of the molecule is O=C(NCCc1ccc(Cl)s1)c1ncn[nH]1. The van der Waals surface area contributed by atoms with Crippen LogP contribution in [0.15, 0.2) is 18.5 Å². The van der Waals surface area contributed by atoms with Gasteiger partial charge in [-0.3, -0.25) is 9.89 Å². The Labute approximate surface area is 101 Å². The lowest BCUT2D eigenvalue weighted by Gasteiger charge is -2.00. The highest BCUT2D eigenvalue weighted by molar-refractivity contribution is 7.16. The molecule has 84 valence electrons. The number of amides is 1. The van der Waals surface area contributed by atoms with Gasteiger partial charge in [0.1, 0.15) is 6.33 Å². The predicted molar refractivity (Wildman–Crippen MR) is 61.7 cm³/mol. The Morgan fingerprint density at radius 2 is 2.44 bits per heavy atom. The molecule has 2 heterocycles. The van der Waals surface area contributed by atoms with Gasteiger partial charge < -0.3 is 5.32 Å². The molecule has 0 aliphatic carbocycles. The van der Waals surface area contributed by atoms with Gasteiger partial charge >= 0.3 is 0 Å². The van der Waals surface area contributed by atoms with Crippen LogP contribution in [0.5, 0.6) is 0 Å². The van der Waals surface area contributed by atoms with Crippen LogP contribution in [0.4, 0.5) is 0 Å². The topological polar surface area (TPSA) is 70.7 Å². The van der Waals surface area contributed by atoms with Crippen molar-refractivity contribution in [1.29, 1.82) is 0 Å². The van der Waals surface area contributed by atoms with Gasteiger partial charge in [0.2, 0.25) is 5.82 Å². The zero-order valence-electron chi connectivity index (χ0n) is 8.24. The number of aromatic nitrogens is 3. The Balaban J connectivity index is 1.78. The van der Waals surface area contributed by atoms with Crippen molar-refractivity contribution < 1.29 is 4.79 Å². The Hall–Kier alpha value is -1.40. The molecule has 0 saturated heterocycles. The molecule has 0 bridgehead atoms. The standard InChI is InChI=1S/C9H9ClN4OS/c10-7-2-1-6(16-7)3-4-11-9(15)8-12-5-13-14-8/h1-2,5H,3-4H2,(H,11,15)(H,12,13,14). The van der Waals surface area contributed by atoms with E-state index >= 15 is 0 Å². The first-order valence-electron chi connectivity index (χ1n) is 4.63. The molecule has 2 rings (SSSR count). The number of hydrogen-bond donors (Lipinski definition) is 2. The lowest BCUT2D eigenvalue weighted by atomic mass is 10.3. The molecule has 0 atom stereocenters. The van der Waals surface area contributed by atoms with E-state index in [9.17, 15) is 4.79 Å². The zero-order valence-corrected chi connectivity index (χ0v) is 9.81. The van der Waals surface area contributed by atoms with Gasteiger partial charge in [-0.2, -0.15) is 5.10 Å². The fourth-order valence-electron chi connectivity index (χ4n) is 1.18. The summed E-state index contributed by atoms with van der Waals surface area (Å²) >= 11 is 7.31. The van der Waals surface area contributed by atoms with E-state index in [1.165, 1.54) is 17.7 Å². The van der Waals surface area contributed by atoms with Gasteiger partial charge in [-0.15, -0.1) is 11.3 Å². The molecule has 0 spiro atoms. The van der Waals surface area contributed by atoms with Crippen LogP contribution in [0, 0.1) is 0 Å². The number of aromatic amines is 1. The van der Waals surface area contributed by atoms with Crippen molar-refractivity contribution in [3.8, 4) is 0 Å². The molecule has 5 nitrogen and oxygen atoms in total. The number of carbonyl (C=O) groups excluding carboxylic acids is 1. The first-order valence-corrected chi connectivity index (χ1v) is 5.83. The van der Waals surface area contributed by atoms with Gasteiger partial charge in [0.05, 0.1) is 4.34 Å². The van der Waals surface area contributed by atoms with Crippen LogP contribution in [0.3, 0.4) is 0 Å². The summed E-state index contributed by atoms with van der Waals surface area (Å²) in [7, 11) is 0. The second-order valence-electron chi connectivity index (χ2n) is 3.05. The average molecular weight is 257 g/mol. The second-order valence-corrected chi connectivity index (χ2v) is 4.85. The van der Waals surface area contributed by atoms with Crippen molar-refractivity contribution in [1.82, 2.24) is 20.5 Å². The monoisotopic (exact) mass is 256 g/mol. The van der Waals surface area contributed by atoms with Crippen LogP contribution in [0.25, 0.3) is 0 Å². The summed E-state index contributed by atoms with van der Waals surface area (Å²) < 4.78 is 0.761. The van der Waals surface area contributed by atoms with Crippen LogP contribution in [-0.2, 0) is 6.42 Å². The first kappa shape index (κ1) is 11.1. The van der Waals surface area contributed by atoms with E-state index in [0.29, 0.717) is 6.54 Å². The quantitative estimate of drug-likeness (QED) is 0.871.